The number of aromatic nitrogens is 1. The van der Waals surface area contributed by atoms with E-state index in [0.29, 0.717) is 5.69 Å². The van der Waals surface area contributed by atoms with Crippen molar-refractivity contribution >= 4 is 15.9 Å². The molecule has 0 saturated carbocycles. The van der Waals surface area contributed by atoms with Gasteiger partial charge in [-0.05, 0) is 30.3 Å². The fraction of sp³-hybridized carbons (Fsp3) is 0.188. The monoisotopic (exact) mass is 344 g/mol. The van der Waals surface area contributed by atoms with Gasteiger partial charge < -0.3 is 5.32 Å². The highest BCUT2D eigenvalue weighted by Gasteiger charge is 2.15. The van der Waals surface area contributed by atoms with Gasteiger partial charge in [0.25, 0.3) is 5.91 Å². The van der Waals surface area contributed by atoms with Gasteiger partial charge in [-0.15, -0.1) is 0 Å². The molecule has 0 aliphatic rings. The number of nitrogens with zero attached hydrogens (tertiary/aromatic N) is 2. The molecule has 0 aliphatic heterocycles. The molecule has 0 radical (unpaired) electrons. The van der Waals surface area contributed by atoms with Crippen LogP contribution in [-0.4, -0.2) is 25.9 Å². The summed E-state index contributed by atoms with van der Waals surface area (Å²) in [5, 5.41) is 11.1. The number of nitriles is 1. The van der Waals surface area contributed by atoms with Crippen molar-refractivity contribution in [3.63, 3.8) is 0 Å². The molecule has 124 valence electrons. The molecule has 0 aliphatic carbocycles. The zero-order chi connectivity index (χ0) is 17.4. The zero-order valence-corrected chi connectivity index (χ0v) is 13.6. The van der Waals surface area contributed by atoms with Gasteiger partial charge in [0.05, 0.1) is 23.2 Å². The number of sulfonamides is 1. The summed E-state index contributed by atoms with van der Waals surface area (Å²) < 4.78 is 26.5. The summed E-state index contributed by atoms with van der Waals surface area (Å²) in [7, 11) is -3.75. The number of carbonyl (C=O) groups excluding carboxylic acids is 1. The average Bonchev–Trinajstić information content (AvgIpc) is 2.61. The highest BCUT2D eigenvalue weighted by atomic mass is 32.2. The lowest BCUT2D eigenvalue weighted by molar-refractivity contribution is 0.0950. The number of hydrogen-bond acceptors (Lipinski definition) is 5. The second-order valence-corrected chi connectivity index (χ2v) is 6.60. The van der Waals surface area contributed by atoms with Crippen molar-refractivity contribution in [1.29, 1.82) is 5.26 Å². The van der Waals surface area contributed by atoms with Gasteiger partial charge >= 0.3 is 0 Å². The number of nitrogens with one attached hydrogen (secondary N) is 2. The Kier molecular flexibility index (Phi) is 6.01. The van der Waals surface area contributed by atoms with Crippen LogP contribution in [0.4, 0.5) is 0 Å². The minimum atomic E-state index is -3.75. The van der Waals surface area contributed by atoms with E-state index < -0.39 is 15.9 Å². The van der Waals surface area contributed by atoms with Gasteiger partial charge in [0.2, 0.25) is 10.0 Å². The first-order chi connectivity index (χ1) is 11.5. The van der Waals surface area contributed by atoms with Crippen LogP contribution in [0.3, 0.4) is 0 Å². The van der Waals surface area contributed by atoms with Crippen LogP contribution in [0.15, 0.2) is 53.6 Å². The van der Waals surface area contributed by atoms with Crippen molar-refractivity contribution in [2.45, 2.75) is 17.9 Å². The lowest BCUT2D eigenvalue weighted by Crippen LogP contribution is -2.26. The van der Waals surface area contributed by atoms with Crippen molar-refractivity contribution in [3.05, 3.63) is 59.9 Å². The van der Waals surface area contributed by atoms with E-state index >= 15 is 0 Å². The van der Waals surface area contributed by atoms with Crippen LogP contribution in [0, 0.1) is 11.3 Å². The topological polar surface area (TPSA) is 112 Å². The van der Waals surface area contributed by atoms with Gasteiger partial charge in [0, 0.05) is 24.7 Å². The Morgan fingerprint density at radius 1 is 1.21 bits per heavy atom. The largest absolute Gasteiger partial charge is 0.346 e. The van der Waals surface area contributed by atoms with E-state index in [2.05, 4.69) is 15.0 Å². The summed E-state index contributed by atoms with van der Waals surface area (Å²) in [6.07, 6.45) is 1.70. The Morgan fingerprint density at radius 2 is 2.04 bits per heavy atom. The van der Waals surface area contributed by atoms with E-state index in [0.717, 1.165) is 0 Å². The smallest absolute Gasteiger partial charge is 0.251 e. The Morgan fingerprint density at radius 3 is 2.75 bits per heavy atom. The van der Waals surface area contributed by atoms with Crippen LogP contribution in [0.5, 0.6) is 0 Å². The lowest BCUT2D eigenvalue weighted by atomic mass is 10.2. The van der Waals surface area contributed by atoms with E-state index in [1.807, 2.05) is 12.1 Å². The summed E-state index contributed by atoms with van der Waals surface area (Å²) in [6, 6.07) is 12.9. The Hall–Kier alpha value is -2.76. The summed E-state index contributed by atoms with van der Waals surface area (Å²) in [5.41, 5.74) is 0.932. The molecule has 0 bridgehead atoms. The minimum absolute atomic E-state index is 0.0223. The van der Waals surface area contributed by atoms with Crippen LogP contribution in [-0.2, 0) is 16.6 Å². The molecule has 8 heteroatoms. The van der Waals surface area contributed by atoms with E-state index in [1.165, 1.54) is 24.3 Å². The Balaban J connectivity index is 2.06. The summed E-state index contributed by atoms with van der Waals surface area (Å²) in [5.74, 6) is -0.394. The van der Waals surface area contributed by atoms with E-state index in [1.54, 1.807) is 18.3 Å². The molecule has 7 nitrogen and oxygen atoms in total. The zero-order valence-electron chi connectivity index (χ0n) is 12.8. The van der Waals surface area contributed by atoms with Gasteiger partial charge in [-0.25, -0.2) is 13.1 Å². The Bertz CT molecular complexity index is 845. The summed E-state index contributed by atoms with van der Waals surface area (Å²) in [6.45, 7) is 0.270. The third-order valence-electron chi connectivity index (χ3n) is 3.09. The molecule has 2 rings (SSSR count). The Labute approximate surface area is 140 Å². The molecule has 1 heterocycles. The number of benzene rings is 1. The maximum Gasteiger partial charge on any atom is 0.251 e. The molecule has 2 aromatic rings. The highest BCUT2D eigenvalue weighted by molar-refractivity contribution is 7.89. The SMILES string of the molecule is N#CCCNS(=O)(=O)c1cccc(C(=O)NCc2ccccn2)c1. The normalized spacial score (nSPS) is 10.8. The van der Waals surface area contributed by atoms with E-state index in [-0.39, 0.29) is 30.0 Å². The minimum Gasteiger partial charge on any atom is -0.346 e. The van der Waals surface area contributed by atoms with E-state index in [9.17, 15) is 13.2 Å². The van der Waals surface area contributed by atoms with Crippen LogP contribution < -0.4 is 10.0 Å². The predicted octanol–water partition coefficient (Wildman–Crippen LogP) is 1.20. The molecule has 0 unspecified atom stereocenters. The van der Waals surface area contributed by atoms with Crippen molar-refractivity contribution < 1.29 is 13.2 Å². The third kappa shape index (κ3) is 4.87. The summed E-state index contributed by atoms with van der Waals surface area (Å²) in [4.78, 5) is 16.2. The van der Waals surface area contributed by atoms with Crippen molar-refractivity contribution in [2.24, 2.45) is 0 Å². The molecular formula is C16H16N4O3S. The lowest BCUT2D eigenvalue weighted by Gasteiger charge is -2.08. The van der Waals surface area contributed by atoms with Crippen LogP contribution in [0.2, 0.25) is 0 Å². The van der Waals surface area contributed by atoms with Crippen molar-refractivity contribution in [2.75, 3.05) is 6.54 Å². The van der Waals surface area contributed by atoms with Gasteiger partial charge in [-0.3, -0.25) is 9.78 Å². The predicted molar refractivity (Wildman–Crippen MR) is 87.3 cm³/mol. The first kappa shape index (κ1) is 17.6. The maximum atomic E-state index is 12.2. The first-order valence-corrected chi connectivity index (χ1v) is 8.66. The molecule has 2 N–H and O–H groups in total. The first-order valence-electron chi connectivity index (χ1n) is 7.18. The van der Waals surface area contributed by atoms with Crippen molar-refractivity contribution in [3.8, 4) is 6.07 Å². The summed E-state index contributed by atoms with van der Waals surface area (Å²) >= 11 is 0. The van der Waals surface area contributed by atoms with Crippen molar-refractivity contribution in [1.82, 2.24) is 15.0 Å². The molecule has 24 heavy (non-hydrogen) atoms. The number of pyridine rings is 1. The molecule has 1 amide bonds. The molecule has 0 spiro atoms. The van der Waals surface area contributed by atoms with Crippen LogP contribution >= 0.6 is 0 Å². The molecule has 0 fully saturated rings. The number of hydrogen-bond donors (Lipinski definition) is 2. The fourth-order valence-corrected chi connectivity index (χ4v) is 2.98. The van der Waals surface area contributed by atoms with Gasteiger partial charge in [0.15, 0.2) is 0 Å². The van der Waals surface area contributed by atoms with Gasteiger partial charge in [-0.2, -0.15) is 5.26 Å². The average molecular weight is 344 g/mol. The fourth-order valence-electron chi connectivity index (χ4n) is 1.90. The number of rotatable bonds is 7. The second-order valence-electron chi connectivity index (χ2n) is 4.84. The van der Waals surface area contributed by atoms with Crippen LogP contribution in [0.25, 0.3) is 0 Å². The molecule has 0 saturated heterocycles. The highest BCUT2D eigenvalue weighted by Crippen LogP contribution is 2.11. The molecular weight excluding hydrogens is 328 g/mol. The quantitative estimate of drug-likeness (QED) is 0.733. The molecule has 1 aromatic carbocycles. The maximum absolute atomic E-state index is 12.2. The van der Waals surface area contributed by atoms with Crippen LogP contribution in [0.1, 0.15) is 22.5 Å². The molecule has 1 aromatic heterocycles. The number of carbonyl (C=O) groups is 1. The number of amides is 1. The molecule has 0 atom stereocenters. The second kappa shape index (κ2) is 8.19. The third-order valence-corrected chi connectivity index (χ3v) is 4.55. The van der Waals surface area contributed by atoms with Gasteiger partial charge in [0.1, 0.15) is 0 Å². The standard InChI is InChI=1S/C16H16N4O3S/c17-8-4-10-20-24(22,23)15-7-3-5-13(11-15)16(21)19-12-14-6-1-2-9-18-14/h1-3,5-7,9,11,20H,4,10,12H2,(H,19,21). The van der Waals surface area contributed by atoms with Gasteiger partial charge in [-0.1, -0.05) is 12.1 Å². The van der Waals surface area contributed by atoms with E-state index in [4.69, 9.17) is 5.26 Å².